The predicted molar refractivity (Wildman–Crippen MR) is 79.8 cm³/mol. The van der Waals surface area contributed by atoms with E-state index in [9.17, 15) is 5.11 Å². The highest BCUT2D eigenvalue weighted by Gasteiger charge is 2.05. The van der Waals surface area contributed by atoms with E-state index in [4.69, 9.17) is 0 Å². The van der Waals surface area contributed by atoms with Gasteiger partial charge in [-0.3, -0.25) is 0 Å². The van der Waals surface area contributed by atoms with E-state index in [-0.39, 0.29) is 0 Å². The Kier molecular flexibility index (Phi) is 3.09. The van der Waals surface area contributed by atoms with E-state index in [0.717, 1.165) is 28.7 Å². The lowest BCUT2D eigenvalue weighted by Crippen LogP contribution is -1.99. The zero-order chi connectivity index (χ0) is 13.2. The van der Waals surface area contributed by atoms with E-state index < -0.39 is 0 Å². The summed E-state index contributed by atoms with van der Waals surface area (Å²) >= 11 is 1.65. The number of rotatable bonds is 3. The highest BCUT2D eigenvalue weighted by molar-refractivity contribution is 7.09. The lowest BCUT2D eigenvalue weighted by atomic mass is 10.1. The summed E-state index contributed by atoms with van der Waals surface area (Å²) in [5, 5.41) is 15.2. The number of nitrogens with zero attached hydrogens (tertiary/aromatic N) is 1. The largest absolute Gasteiger partial charge is 0.507 e. The SMILES string of the molecule is Cc1ncsc1CNc1cccc2c(O)cccc12. The van der Waals surface area contributed by atoms with Crippen molar-refractivity contribution < 1.29 is 5.11 Å². The molecule has 96 valence electrons. The number of fused-ring (bicyclic) bond motifs is 1. The molecular formula is C15H14N2OS. The second kappa shape index (κ2) is 4.90. The van der Waals surface area contributed by atoms with Crippen LogP contribution in [0.4, 0.5) is 5.69 Å². The Morgan fingerprint density at radius 3 is 2.74 bits per heavy atom. The van der Waals surface area contributed by atoms with Crippen molar-refractivity contribution in [3.8, 4) is 5.75 Å². The van der Waals surface area contributed by atoms with E-state index in [1.54, 1.807) is 17.4 Å². The molecule has 2 aromatic carbocycles. The first-order valence-electron chi connectivity index (χ1n) is 6.09. The molecule has 0 aliphatic rings. The third-order valence-corrected chi connectivity index (χ3v) is 4.12. The molecule has 3 rings (SSSR count). The molecule has 2 N–H and O–H groups in total. The number of nitrogens with one attached hydrogen (secondary N) is 1. The lowest BCUT2D eigenvalue weighted by molar-refractivity contribution is 0.481. The van der Waals surface area contributed by atoms with E-state index in [0.29, 0.717) is 5.75 Å². The Labute approximate surface area is 115 Å². The maximum atomic E-state index is 9.86. The first-order valence-corrected chi connectivity index (χ1v) is 6.97. The van der Waals surface area contributed by atoms with Gasteiger partial charge in [-0.15, -0.1) is 11.3 Å². The molecule has 1 aromatic heterocycles. The Morgan fingerprint density at radius 2 is 1.95 bits per heavy atom. The van der Waals surface area contributed by atoms with Crippen LogP contribution in [0.3, 0.4) is 0 Å². The van der Waals surface area contributed by atoms with E-state index >= 15 is 0 Å². The molecule has 3 aromatic rings. The fraction of sp³-hybridized carbons (Fsp3) is 0.133. The van der Waals surface area contributed by atoms with Gasteiger partial charge in [0.15, 0.2) is 0 Å². The molecule has 0 amide bonds. The molecule has 0 radical (unpaired) electrons. The first kappa shape index (κ1) is 12.0. The molecule has 19 heavy (non-hydrogen) atoms. The highest BCUT2D eigenvalue weighted by Crippen LogP contribution is 2.30. The second-order valence-corrected chi connectivity index (χ2v) is 5.33. The van der Waals surface area contributed by atoms with Gasteiger partial charge in [0.25, 0.3) is 0 Å². The number of benzene rings is 2. The average molecular weight is 270 g/mol. The van der Waals surface area contributed by atoms with Crippen LogP contribution < -0.4 is 5.32 Å². The van der Waals surface area contributed by atoms with Crippen molar-refractivity contribution in [2.45, 2.75) is 13.5 Å². The van der Waals surface area contributed by atoms with Crippen LogP contribution in [0, 0.1) is 6.92 Å². The zero-order valence-electron chi connectivity index (χ0n) is 10.6. The van der Waals surface area contributed by atoms with Crippen LogP contribution in [-0.4, -0.2) is 10.1 Å². The number of hydrogen-bond donors (Lipinski definition) is 2. The van der Waals surface area contributed by atoms with Crippen LogP contribution >= 0.6 is 11.3 Å². The number of phenols is 1. The number of thiazole rings is 1. The fourth-order valence-corrected chi connectivity index (χ4v) is 2.84. The quantitative estimate of drug-likeness (QED) is 0.758. The Bertz CT molecular complexity index is 721. The second-order valence-electron chi connectivity index (χ2n) is 4.39. The lowest BCUT2D eigenvalue weighted by Gasteiger charge is -2.10. The summed E-state index contributed by atoms with van der Waals surface area (Å²) in [6, 6.07) is 11.5. The van der Waals surface area contributed by atoms with Gasteiger partial charge >= 0.3 is 0 Å². The van der Waals surface area contributed by atoms with Crippen LogP contribution in [-0.2, 0) is 6.54 Å². The van der Waals surface area contributed by atoms with Gasteiger partial charge in [0.05, 0.1) is 17.7 Å². The summed E-state index contributed by atoms with van der Waals surface area (Å²) < 4.78 is 0. The van der Waals surface area contributed by atoms with Gasteiger partial charge in [0.1, 0.15) is 5.75 Å². The van der Waals surface area contributed by atoms with Crippen molar-refractivity contribution in [3.63, 3.8) is 0 Å². The number of aryl methyl sites for hydroxylation is 1. The van der Waals surface area contributed by atoms with Crippen LogP contribution in [0.1, 0.15) is 10.6 Å². The molecule has 0 fully saturated rings. The number of aromatic hydroxyl groups is 1. The van der Waals surface area contributed by atoms with Crippen molar-refractivity contribution >= 4 is 27.8 Å². The summed E-state index contributed by atoms with van der Waals surface area (Å²) in [6.45, 7) is 2.77. The van der Waals surface area contributed by atoms with Gasteiger partial charge in [0, 0.05) is 21.3 Å². The fourth-order valence-electron chi connectivity index (χ4n) is 2.12. The minimum atomic E-state index is 0.315. The molecule has 0 bridgehead atoms. The van der Waals surface area contributed by atoms with Crippen molar-refractivity contribution in [2.75, 3.05) is 5.32 Å². The number of hydrogen-bond acceptors (Lipinski definition) is 4. The topological polar surface area (TPSA) is 45.2 Å². The highest BCUT2D eigenvalue weighted by atomic mass is 32.1. The van der Waals surface area contributed by atoms with E-state index in [2.05, 4.69) is 10.3 Å². The van der Waals surface area contributed by atoms with Crippen LogP contribution in [0.25, 0.3) is 10.8 Å². The molecule has 0 saturated heterocycles. The van der Waals surface area contributed by atoms with Gasteiger partial charge < -0.3 is 10.4 Å². The number of aromatic nitrogens is 1. The minimum Gasteiger partial charge on any atom is -0.507 e. The van der Waals surface area contributed by atoms with E-state index in [1.807, 2.05) is 42.8 Å². The Morgan fingerprint density at radius 1 is 1.16 bits per heavy atom. The summed E-state index contributed by atoms with van der Waals surface area (Å²) in [6.07, 6.45) is 0. The van der Waals surface area contributed by atoms with Crippen molar-refractivity contribution in [1.82, 2.24) is 4.98 Å². The molecule has 0 saturated carbocycles. The van der Waals surface area contributed by atoms with Crippen LogP contribution in [0.2, 0.25) is 0 Å². The summed E-state index contributed by atoms with van der Waals surface area (Å²) in [4.78, 5) is 5.48. The monoisotopic (exact) mass is 270 g/mol. The maximum absolute atomic E-state index is 9.86. The standard InChI is InChI=1S/C15H14N2OS/c1-10-15(19-9-17-10)8-16-13-6-2-5-12-11(13)4-3-7-14(12)18/h2-7,9,16,18H,8H2,1H3. The molecule has 4 heteroatoms. The van der Waals surface area contributed by atoms with Gasteiger partial charge in [-0.05, 0) is 19.1 Å². The van der Waals surface area contributed by atoms with Crippen molar-refractivity contribution in [1.29, 1.82) is 0 Å². The van der Waals surface area contributed by atoms with Gasteiger partial charge in [-0.1, -0.05) is 24.3 Å². The summed E-state index contributed by atoms with van der Waals surface area (Å²) in [7, 11) is 0. The molecule has 0 aliphatic carbocycles. The summed E-state index contributed by atoms with van der Waals surface area (Å²) in [5.74, 6) is 0.315. The number of anilines is 1. The van der Waals surface area contributed by atoms with Crippen molar-refractivity contribution in [3.05, 3.63) is 52.5 Å². The molecule has 0 atom stereocenters. The third-order valence-electron chi connectivity index (χ3n) is 3.18. The molecule has 1 heterocycles. The Hall–Kier alpha value is -2.07. The minimum absolute atomic E-state index is 0.315. The van der Waals surface area contributed by atoms with Crippen LogP contribution in [0.15, 0.2) is 41.9 Å². The Balaban J connectivity index is 1.93. The normalized spacial score (nSPS) is 10.8. The van der Waals surface area contributed by atoms with E-state index in [1.165, 1.54) is 4.88 Å². The van der Waals surface area contributed by atoms with Gasteiger partial charge in [-0.2, -0.15) is 0 Å². The first-order chi connectivity index (χ1) is 9.25. The predicted octanol–water partition coefficient (Wildman–Crippen LogP) is 3.92. The van der Waals surface area contributed by atoms with Gasteiger partial charge in [0.2, 0.25) is 0 Å². The van der Waals surface area contributed by atoms with Crippen LogP contribution in [0.5, 0.6) is 5.75 Å². The molecule has 0 spiro atoms. The smallest absolute Gasteiger partial charge is 0.123 e. The van der Waals surface area contributed by atoms with Crippen molar-refractivity contribution in [2.24, 2.45) is 0 Å². The maximum Gasteiger partial charge on any atom is 0.123 e. The average Bonchev–Trinajstić information content (AvgIpc) is 2.82. The third kappa shape index (κ3) is 2.27. The number of phenolic OH excluding ortho intramolecular Hbond substituents is 1. The summed E-state index contributed by atoms with van der Waals surface area (Å²) in [5.41, 5.74) is 3.96. The van der Waals surface area contributed by atoms with Gasteiger partial charge in [-0.25, -0.2) is 4.98 Å². The molecule has 3 nitrogen and oxygen atoms in total. The molecule has 0 unspecified atom stereocenters. The molecular weight excluding hydrogens is 256 g/mol. The zero-order valence-corrected chi connectivity index (χ0v) is 11.4. The molecule has 0 aliphatic heterocycles.